The van der Waals surface area contributed by atoms with Crippen LogP contribution >= 0.6 is 11.6 Å². The molecule has 2 aromatic rings. The Bertz CT molecular complexity index is 463. The van der Waals surface area contributed by atoms with Crippen molar-refractivity contribution < 1.29 is 4.42 Å². The Balaban J connectivity index is 2.07. The summed E-state index contributed by atoms with van der Waals surface area (Å²) in [5.41, 5.74) is 0.843. The third kappa shape index (κ3) is 2.62. The van der Waals surface area contributed by atoms with Crippen LogP contribution in [0.1, 0.15) is 19.5 Å². The van der Waals surface area contributed by atoms with Crippen LogP contribution in [0.4, 0.5) is 0 Å². The van der Waals surface area contributed by atoms with Gasteiger partial charge in [0, 0.05) is 12.6 Å². The first-order valence-electron chi connectivity index (χ1n) is 5.03. The molecule has 2 rings (SSSR count). The number of hydrogen-bond acceptors (Lipinski definition) is 4. The van der Waals surface area contributed by atoms with Crippen LogP contribution in [0.5, 0.6) is 0 Å². The molecule has 0 saturated heterocycles. The van der Waals surface area contributed by atoms with E-state index in [2.05, 4.69) is 29.2 Å². The van der Waals surface area contributed by atoms with Crippen LogP contribution < -0.4 is 5.32 Å². The second-order valence-electron chi connectivity index (χ2n) is 3.76. The normalized spacial score (nSPS) is 11.2. The van der Waals surface area contributed by atoms with Gasteiger partial charge in [-0.25, -0.2) is 0 Å². The van der Waals surface area contributed by atoms with Crippen molar-refractivity contribution in [3.05, 3.63) is 29.4 Å². The molecular weight excluding hydrogens is 228 g/mol. The first-order valence-corrected chi connectivity index (χ1v) is 5.41. The summed E-state index contributed by atoms with van der Waals surface area (Å²) in [4.78, 5) is 4.28. The number of rotatable bonds is 4. The second kappa shape index (κ2) is 4.67. The molecule has 0 aromatic carbocycles. The van der Waals surface area contributed by atoms with Gasteiger partial charge in [-0.3, -0.25) is 0 Å². The van der Waals surface area contributed by atoms with Crippen molar-refractivity contribution >= 4 is 11.6 Å². The Hall–Kier alpha value is -1.33. The summed E-state index contributed by atoms with van der Waals surface area (Å²) in [6.45, 7) is 4.83. The quantitative estimate of drug-likeness (QED) is 0.888. The molecule has 0 aliphatic heterocycles. The van der Waals surface area contributed by atoms with E-state index in [0.29, 0.717) is 23.6 Å². The molecule has 16 heavy (non-hydrogen) atoms. The summed E-state index contributed by atoms with van der Waals surface area (Å²) in [6, 6.07) is 0.840. The van der Waals surface area contributed by atoms with Gasteiger partial charge in [0.25, 0.3) is 0 Å². The molecule has 0 amide bonds. The lowest BCUT2D eigenvalue weighted by Gasteiger charge is -2.03. The highest BCUT2D eigenvalue weighted by atomic mass is 35.5. The fourth-order valence-corrected chi connectivity index (χ4v) is 1.33. The van der Waals surface area contributed by atoms with Crippen LogP contribution in [0.3, 0.4) is 0 Å². The maximum Gasteiger partial charge on any atom is 0.322 e. The highest BCUT2D eigenvalue weighted by Crippen LogP contribution is 2.11. The fraction of sp³-hybridized carbons (Fsp3) is 0.400. The zero-order valence-electron chi connectivity index (χ0n) is 9.14. The molecule has 0 saturated carbocycles. The predicted octanol–water partition coefficient (Wildman–Crippen LogP) is 2.01. The maximum absolute atomic E-state index is 5.75. The van der Waals surface area contributed by atoms with E-state index in [1.807, 2.05) is 0 Å². The molecule has 2 heterocycles. The zero-order valence-corrected chi connectivity index (χ0v) is 9.90. The lowest BCUT2D eigenvalue weighted by molar-refractivity contribution is 0.508. The highest BCUT2D eigenvalue weighted by Gasteiger charge is 2.07. The van der Waals surface area contributed by atoms with Gasteiger partial charge in [0.15, 0.2) is 0 Å². The standard InChI is InChI=1S/C10H13ClN4O/c1-7(2)12-4-9-6-16-10(14-9)15-5-8(11)3-13-15/h3,5-7,12H,4H2,1-2H3. The van der Waals surface area contributed by atoms with Crippen LogP contribution in [0, 0.1) is 0 Å². The van der Waals surface area contributed by atoms with Crippen molar-refractivity contribution in [1.82, 2.24) is 20.1 Å². The number of nitrogens with zero attached hydrogens (tertiary/aromatic N) is 3. The van der Waals surface area contributed by atoms with E-state index in [9.17, 15) is 0 Å². The molecule has 0 aliphatic rings. The average molecular weight is 241 g/mol. The fourth-order valence-electron chi connectivity index (χ4n) is 1.20. The van der Waals surface area contributed by atoms with E-state index >= 15 is 0 Å². The summed E-state index contributed by atoms with van der Waals surface area (Å²) in [7, 11) is 0. The summed E-state index contributed by atoms with van der Waals surface area (Å²) in [5, 5.41) is 7.81. The van der Waals surface area contributed by atoms with Gasteiger partial charge in [-0.1, -0.05) is 25.4 Å². The third-order valence-corrected chi connectivity index (χ3v) is 2.17. The van der Waals surface area contributed by atoms with Gasteiger partial charge < -0.3 is 9.73 Å². The minimum Gasteiger partial charge on any atom is -0.430 e. The van der Waals surface area contributed by atoms with E-state index in [4.69, 9.17) is 16.0 Å². The molecule has 2 aromatic heterocycles. The first kappa shape index (κ1) is 11.2. The summed E-state index contributed by atoms with van der Waals surface area (Å²) in [6.07, 6.45) is 4.80. The van der Waals surface area contributed by atoms with Gasteiger partial charge >= 0.3 is 6.01 Å². The Morgan fingerprint density at radius 2 is 2.38 bits per heavy atom. The van der Waals surface area contributed by atoms with Gasteiger partial charge in [0.1, 0.15) is 6.26 Å². The minimum absolute atomic E-state index is 0.416. The van der Waals surface area contributed by atoms with Crippen molar-refractivity contribution in [2.24, 2.45) is 0 Å². The number of aromatic nitrogens is 3. The van der Waals surface area contributed by atoms with Crippen LogP contribution in [0.2, 0.25) is 5.02 Å². The largest absolute Gasteiger partial charge is 0.430 e. The van der Waals surface area contributed by atoms with E-state index in [-0.39, 0.29) is 0 Å². The lowest BCUT2D eigenvalue weighted by atomic mass is 10.4. The Labute approximate surface area is 98.4 Å². The van der Waals surface area contributed by atoms with Crippen LogP contribution in [0.15, 0.2) is 23.1 Å². The van der Waals surface area contributed by atoms with Crippen LogP contribution in [-0.4, -0.2) is 20.8 Å². The van der Waals surface area contributed by atoms with Gasteiger partial charge in [-0.15, -0.1) is 0 Å². The number of nitrogens with one attached hydrogen (secondary N) is 1. The van der Waals surface area contributed by atoms with Gasteiger partial charge in [0.05, 0.1) is 23.1 Å². The van der Waals surface area contributed by atoms with Crippen molar-refractivity contribution in [3.8, 4) is 6.01 Å². The second-order valence-corrected chi connectivity index (χ2v) is 4.20. The number of halogens is 1. The SMILES string of the molecule is CC(C)NCc1coc(-n2cc(Cl)cn2)n1. The van der Waals surface area contributed by atoms with Crippen molar-refractivity contribution in [1.29, 1.82) is 0 Å². The Morgan fingerprint density at radius 1 is 1.56 bits per heavy atom. The molecule has 1 N–H and O–H groups in total. The van der Waals surface area contributed by atoms with Crippen molar-refractivity contribution in [3.63, 3.8) is 0 Å². The Morgan fingerprint density at radius 3 is 3.00 bits per heavy atom. The maximum atomic E-state index is 5.75. The minimum atomic E-state index is 0.416. The van der Waals surface area contributed by atoms with Crippen molar-refractivity contribution in [2.75, 3.05) is 0 Å². The van der Waals surface area contributed by atoms with Crippen molar-refractivity contribution in [2.45, 2.75) is 26.4 Å². The molecule has 0 radical (unpaired) electrons. The third-order valence-electron chi connectivity index (χ3n) is 1.98. The summed E-state index contributed by atoms with van der Waals surface area (Å²) >= 11 is 5.75. The molecule has 0 fully saturated rings. The molecule has 0 unspecified atom stereocenters. The number of oxazole rings is 1. The van der Waals surface area contributed by atoms with E-state index in [0.717, 1.165) is 5.69 Å². The Kier molecular flexibility index (Phi) is 3.26. The van der Waals surface area contributed by atoms with E-state index < -0.39 is 0 Å². The van der Waals surface area contributed by atoms with Crippen LogP contribution in [-0.2, 0) is 6.54 Å². The van der Waals surface area contributed by atoms with Gasteiger partial charge in [-0.2, -0.15) is 14.8 Å². The molecule has 0 aliphatic carbocycles. The molecule has 86 valence electrons. The highest BCUT2D eigenvalue weighted by molar-refractivity contribution is 6.30. The smallest absolute Gasteiger partial charge is 0.322 e. The number of hydrogen-bond donors (Lipinski definition) is 1. The van der Waals surface area contributed by atoms with E-state index in [1.54, 1.807) is 12.5 Å². The predicted molar refractivity (Wildman–Crippen MR) is 60.6 cm³/mol. The molecule has 0 spiro atoms. The summed E-state index contributed by atoms with van der Waals surface area (Å²) in [5.74, 6) is 0. The average Bonchev–Trinajstić information content (AvgIpc) is 2.83. The van der Waals surface area contributed by atoms with Crippen LogP contribution in [0.25, 0.3) is 6.01 Å². The summed E-state index contributed by atoms with van der Waals surface area (Å²) < 4.78 is 6.79. The van der Waals surface area contributed by atoms with Gasteiger partial charge in [-0.05, 0) is 0 Å². The monoisotopic (exact) mass is 240 g/mol. The molecule has 5 nitrogen and oxygen atoms in total. The zero-order chi connectivity index (χ0) is 11.5. The topological polar surface area (TPSA) is 55.9 Å². The molecular formula is C10H13ClN4O. The molecule has 0 bridgehead atoms. The molecule has 0 atom stereocenters. The van der Waals surface area contributed by atoms with Gasteiger partial charge in [0.2, 0.25) is 0 Å². The first-order chi connectivity index (χ1) is 7.65. The lowest BCUT2D eigenvalue weighted by Crippen LogP contribution is -2.21. The van der Waals surface area contributed by atoms with E-state index in [1.165, 1.54) is 10.9 Å². The molecule has 6 heteroatoms.